The molecule has 0 heterocycles. The number of hydrogen-bond acceptors (Lipinski definition) is 2. The second kappa shape index (κ2) is 11.9. The van der Waals surface area contributed by atoms with Gasteiger partial charge >= 0.3 is 11.9 Å². The number of aliphatic carboxylic acids is 2. The van der Waals surface area contributed by atoms with E-state index in [0.717, 1.165) is 24.8 Å². The van der Waals surface area contributed by atoms with Crippen molar-refractivity contribution >= 4 is 11.9 Å². The molecule has 1 aromatic rings. The Kier molecular flexibility index (Phi) is 10.3. The molecule has 0 spiro atoms. The number of unbranched alkanes of at least 4 members (excludes halogenated alkanes) is 3. The summed E-state index contributed by atoms with van der Waals surface area (Å²) in [6.45, 7) is 10.2. The van der Waals surface area contributed by atoms with Crippen LogP contribution in [0.25, 0.3) is 0 Å². The first-order valence-electron chi connectivity index (χ1n) is 10.8. The zero-order valence-corrected chi connectivity index (χ0v) is 18.2. The van der Waals surface area contributed by atoms with Crippen LogP contribution in [0.1, 0.15) is 102 Å². The molecule has 4 nitrogen and oxygen atoms in total. The monoisotopic (exact) mass is 390 g/mol. The Morgan fingerprint density at radius 3 is 1.82 bits per heavy atom. The van der Waals surface area contributed by atoms with Crippen LogP contribution < -0.4 is 0 Å². The Morgan fingerprint density at radius 2 is 1.36 bits per heavy atom. The van der Waals surface area contributed by atoms with Gasteiger partial charge < -0.3 is 10.2 Å². The Balaban J connectivity index is 3.35. The van der Waals surface area contributed by atoms with Crippen LogP contribution >= 0.6 is 0 Å². The molecule has 2 unspecified atom stereocenters. The van der Waals surface area contributed by atoms with Gasteiger partial charge in [-0.25, -0.2) is 0 Å². The lowest BCUT2D eigenvalue weighted by Gasteiger charge is -2.24. The highest BCUT2D eigenvalue weighted by atomic mass is 16.4. The standard InChI is InChI=1S/C24H38O4/c1-6-7-8-9-10-18-11-12-19(21(23(25)26)13-16(2)3)20(15-18)22(24(27)28)14-17(4)5/h11-12,15-17,21-22H,6-10,13-14H2,1-5H3,(H,25,26)(H,27,28). The van der Waals surface area contributed by atoms with Crippen LogP contribution in [-0.2, 0) is 16.0 Å². The number of carboxylic acid groups (broad SMARTS) is 2. The fraction of sp³-hybridized carbons (Fsp3) is 0.667. The molecule has 0 bridgehead atoms. The fourth-order valence-corrected chi connectivity index (χ4v) is 3.82. The fourth-order valence-electron chi connectivity index (χ4n) is 3.82. The average Bonchev–Trinajstić information content (AvgIpc) is 2.60. The molecule has 0 saturated heterocycles. The first kappa shape index (κ1) is 24.2. The highest BCUT2D eigenvalue weighted by molar-refractivity contribution is 5.80. The van der Waals surface area contributed by atoms with Gasteiger partial charge in [0.25, 0.3) is 0 Å². The van der Waals surface area contributed by atoms with Crippen LogP contribution in [0, 0.1) is 11.8 Å². The molecule has 0 fully saturated rings. The van der Waals surface area contributed by atoms with Crippen molar-refractivity contribution in [1.82, 2.24) is 0 Å². The molecule has 0 amide bonds. The molecule has 0 aliphatic carbocycles. The lowest BCUT2D eigenvalue weighted by molar-refractivity contribution is -0.140. The van der Waals surface area contributed by atoms with Gasteiger partial charge in [0.15, 0.2) is 0 Å². The molecule has 4 heteroatoms. The van der Waals surface area contributed by atoms with E-state index in [9.17, 15) is 19.8 Å². The topological polar surface area (TPSA) is 74.6 Å². The van der Waals surface area contributed by atoms with E-state index in [1.54, 1.807) is 0 Å². The van der Waals surface area contributed by atoms with Crippen molar-refractivity contribution in [3.8, 4) is 0 Å². The summed E-state index contributed by atoms with van der Waals surface area (Å²) >= 11 is 0. The molecular formula is C24H38O4. The van der Waals surface area contributed by atoms with Crippen molar-refractivity contribution in [2.45, 2.75) is 91.4 Å². The van der Waals surface area contributed by atoms with Crippen LogP contribution in [0.2, 0.25) is 0 Å². The van der Waals surface area contributed by atoms with Crippen LogP contribution in [-0.4, -0.2) is 22.2 Å². The smallest absolute Gasteiger partial charge is 0.310 e. The third kappa shape index (κ3) is 7.65. The van der Waals surface area contributed by atoms with Crippen molar-refractivity contribution in [1.29, 1.82) is 0 Å². The molecule has 1 rings (SSSR count). The Morgan fingerprint density at radius 1 is 0.821 bits per heavy atom. The predicted molar refractivity (Wildman–Crippen MR) is 114 cm³/mol. The van der Waals surface area contributed by atoms with Gasteiger partial charge in [0.05, 0.1) is 11.8 Å². The van der Waals surface area contributed by atoms with Gasteiger partial charge in [0, 0.05) is 0 Å². The molecule has 158 valence electrons. The molecule has 0 radical (unpaired) electrons. The highest BCUT2D eigenvalue weighted by Gasteiger charge is 2.30. The van der Waals surface area contributed by atoms with E-state index >= 15 is 0 Å². The molecule has 2 atom stereocenters. The third-order valence-corrected chi connectivity index (χ3v) is 5.23. The van der Waals surface area contributed by atoms with Crippen LogP contribution in [0.15, 0.2) is 18.2 Å². The number of hydrogen-bond donors (Lipinski definition) is 2. The lowest BCUT2D eigenvalue weighted by Crippen LogP contribution is -2.21. The van der Waals surface area contributed by atoms with Gasteiger partial charge in [-0.2, -0.15) is 0 Å². The van der Waals surface area contributed by atoms with E-state index in [4.69, 9.17) is 0 Å². The van der Waals surface area contributed by atoms with Crippen LogP contribution in [0.3, 0.4) is 0 Å². The predicted octanol–water partition coefficient (Wildman–Crippen LogP) is 6.24. The number of carbonyl (C=O) groups is 2. The summed E-state index contributed by atoms with van der Waals surface area (Å²) in [4.78, 5) is 24.0. The molecule has 0 saturated carbocycles. The maximum Gasteiger partial charge on any atom is 0.310 e. The summed E-state index contributed by atoms with van der Waals surface area (Å²) in [5.74, 6) is -2.64. The summed E-state index contributed by atoms with van der Waals surface area (Å²) in [5, 5.41) is 19.7. The first-order valence-corrected chi connectivity index (χ1v) is 10.8. The molecule has 28 heavy (non-hydrogen) atoms. The second-order valence-electron chi connectivity index (χ2n) is 8.81. The number of benzene rings is 1. The SMILES string of the molecule is CCCCCCc1ccc(C(CC(C)C)C(=O)O)c(C(CC(C)C)C(=O)O)c1. The summed E-state index contributed by atoms with van der Waals surface area (Å²) in [5.41, 5.74) is 2.48. The zero-order valence-electron chi connectivity index (χ0n) is 18.2. The average molecular weight is 391 g/mol. The Bertz CT molecular complexity index is 633. The minimum Gasteiger partial charge on any atom is -0.481 e. The number of rotatable bonds is 13. The van der Waals surface area contributed by atoms with Crippen molar-refractivity contribution in [2.24, 2.45) is 11.8 Å². The van der Waals surface area contributed by atoms with Gasteiger partial charge in [-0.1, -0.05) is 72.1 Å². The van der Waals surface area contributed by atoms with Gasteiger partial charge in [0.1, 0.15) is 0 Å². The molecule has 2 N–H and O–H groups in total. The third-order valence-electron chi connectivity index (χ3n) is 5.23. The van der Waals surface area contributed by atoms with Gasteiger partial charge in [-0.3, -0.25) is 9.59 Å². The summed E-state index contributed by atoms with van der Waals surface area (Å²) in [6.07, 6.45) is 6.53. The Labute approximate surface area is 170 Å². The summed E-state index contributed by atoms with van der Waals surface area (Å²) < 4.78 is 0. The van der Waals surface area contributed by atoms with E-state index in [-0.39, 0.29) is 11.8 Å². The van der Waals surface area contributed by atoms with Crippen molar-refractivity contribution in [3.63, 3.8) is 0 Å². The largest absolute Gasteiger partial charge is 0.481 e. The van der Waals surface area contributed by atoms with Crippen molar-refractivity contribution < 1.29 is 19.8 Å². The molecule has 1 aromatic carbocycles. The van der Waals surface area contributed by atoms with E-state index in [1.165, 1.54) is 12.8 Å². The second-order valence-corrected chi connectivity index (χ2v) is 8.81. The highest BCUT2D eigenvalue weighted by Crippen LogP contribution is 2.35. The maximum absolute atomic E-state index is 12.1. The molecule has 0 aromatic heterocycles. The minimum atomic E-state index is -0.876. The van der Waals surface area contributed by atoms with Crippen molar-refractivity contribution in [3.05, 3.63) is 34.9 Å². The van der Waals surface area contributed by atoms with Gasteiger partial charge in [-0.15, -0.1) is 0 Å². The Hall–Kier alpha value is -1.84. The molecular weight excluding hydrogens is 352 g/mol. The van der Waals surface area contributed by atoms with Gasteiger partial charge in [0.2, 0.25) is 0 Å². The first-order chi connectivity index (χ1) is 13.2. The van der Waals surface area contributed by atoms with Crippen LogP contribution in [0.4, 0.5) is 0 Å². The number of carboxylic acids is 2. The van der Waals surface area contributed by atoms with Crippen LogP contribution in [0.5, 0.6) is 0 Å². The quantitative estimate of drug-likeness (QED) is 0.391. The summed E-state index contributed by atoms with van der Waals surface area (Å²) in [7, 11) is 0. The molecule has 0 aliphatic rings. The minimum absolute atomic E-state index is 0.218. The number of aryl methyl sites for hydroxylation is 1. The van der Waals surface area contributed by atoms with E-state index in [0.29, 0.717) is 24.0 Å². The molecule has 0 aliphatic heterocycles. The van der Waals surface area contributed by atoms with Gasteiger partial charge in [-0.05, 0) is 54.2 Å². The van der Waals surface area contributed by atoms with E-state index < -0.39 is 23.8 Å². The maximum atomic E-state index is 12.1. The normalized spacial score (nSPS) is 13.7. The summed E-state index contributed by atoms with van der Waals surface area (Å²) in [6, 6.07) is 5.84. The van der Waals surface area contributed by atoms with E-state index in [2.05, 4.69) is 6.92 Å². The zero-order chi connectivity index (χ0) is 21.3. The van der Waals surface area contributed by atoms with Crippen molar-refractivity contribution in [2.75, 3.05) is 0 Å². The lowest BCUT2D eigenvalue weighted by atomic mass is 9.80. The van der Waals surface area contributed by atoms with E-state index in [1.807, 2.05) is 45.9 Å².